The van der Waals surface area contributed by atoms with Gasteiger partial charge in [0.2, 0.25) is 0 Å². The van der Waals surface area contributed by atoms with E-state index in [0.717, 1.165) is 37.0 Å². The van der Waals surface area contributed by atoms with E-state index in [4.69, 9.17) is 14.9 Å². The summed E-state index contributed by atoms with van der Waals surface area (Å²) in [4.78, 5) is 29.6. The molecule has 2 aromatic rings. The lowest BCUT2D eigenvalue weighted by Gasteiger charge is -2.22. The second-order valence-corrected chi connectivity index (χ2v) is 10.5. The predicted molar refractivity (Wildman–Crippen MR) is 150 cm³/mol. The second kappa shape index (κ2) is 13.9. The van der Waals surface area contributed by atoms with Gasteiger partial charge in [-0.2, -0.15) is 0 Å². The number of carboxylic acids is 1. The number of aliphatic carboxylic acids is 1. The van der Waals surface area contributed by atoms with Crippen molar-refractivity contribution in [1.29, 1.82) is 5.41 Å². The van der Waals surface area contributed by atoms with Crippen LogP contribution in [0.5, 0.6) is 5.75 Å². The minimum absolute atomic E-state index is 0.000703. The van der Waals surface area contributed by atoms with Crippen molar-refractivity contribution in [2.45, 2.75) is 58.1 Å². The molecule has 216 valence electrons. The predicted octanol–water partition coefficient (Wildman–Crippen LogP) is 3.77. The van der Waals surface area contributed by atoms with Crippen LogP contribution < -0.4 is 20.7 Å². The lowest BCUT2D eigenvalue weighted by Crippen LogP contribution is -2.36. The van der Waals surface area contributed by atoms with Crippen molar-refractivity contribution < 1.29 is 28.6 Å². The number of aryl methyl sites for hydroxylation is 1. The number of nitrogens with zero attached hydrogens (tertiary/aromatic N) is 1. The van der Waals surface area contributed by atoms with Gasteiger partial charge in [-0.3, -0.25) is 9.59 Å². The number of amides is 1. The molecule has 11 heteroatoms. The van der Waals surface area contributed by atoms with Gasteiger partial charge in [-0.15, -0.1) is 0 Å². The fraction of sp³-hybridized carbons (Fsp3) is 0.448. The fourth-order valence-corrected chi connectivity index (χ4v) is 4.10. The Balaban J connectivity index is 1.76. The normalized spacial score (nSPS) is 14.0. The van der Waals surface area contributed by atoms with Crippen LogP contribution in [0.3, 0.4) is 0 Å². The highest BCUT2D eigenvalue weighted by Gasteiger charge is 2.24. The van der Waals surface area contributed by atoms with E-state index >= 15 is 0 Å². The number of hydrogen-bond donors (Lipinski definition) is 5. The van der Waals surface area contributed by atoms with Crippen LogP contribution in [0.15, 0.2) is 42.1 Å². The Hall–Kier alpha value is -3.99. The zero-order valence-corrected chi connectivity index (χ0v) is 23.4. The van der Waals surface area contributed by atoms with Crippen LogP contribution in [-0.2, 0) is 27.2 Å². The molecule has 0 saturated carbocycles. The van der Waals surface area contributed by atoms with E-state index in [2.05, 4.69) is 27.0 Å². The molecule has 0 bridgehead atoms. The average Bonchev–Trinajstić information content (AvgIpc) is 2.90. The number of aromatic nitrogens is 1. The third kappa shape index (κ3) is 9.04. The van der Waals surface area contributed by atoms with Crippen LogP contribution in [0.1, 0.15) is 56.5 Å². The van der Waals surface area contributed by atoms with Crippen molar-refractivity contribution in [3.05, 3.63) is 64.7 Å². The van der Waals surface area contributed by atoms with Crippen LogP contribution in [0.4, 0.5) is 10.2 Å². The van der Waals surface area contributed by atoms with E-state index in [1.54, 1.807) is 0 Å². The number of hydrogen-bond acceptors (Lipinski definition) is 8. The molecule has 10 nitrogen and oxygen atoms in total. The van der Waals surface area contributed by atoms with Crippen molar-refractivity contribution in [2.24, 2.45) is 0 Å². The van der Waals surface area contributed by atoms with E-state index in [0.29, 0.717) is 13.0 Å². The van der Waals surface area contributed by atoms with E-state index in [9.17, 15) is 19.1 Å². The third-order valence-electron chi connectivity index (χ3n) is 6.21. The molecule has 0 saturated heterocycles. The van der Waals surface area contributed by atoms with Crippen molar-refractivity contribution in [2.75, 3.05) is 32.1 Å². The molecule has 1 amide bonds. The molecule has 1 aliphatic rings. The maximum atomic E-state index is 14.4. The molecule has 1 atom stereocenters. The summed E-state index contributed by atoms with van der Waals surface area (Å²) in [6.07, 6.45) is 3.60. The topological polar surface area (TPSA) is 146 Å². The van der Waals surface area contributed by atoms with Gasteiger partial charge in [0, 0.05) is 31.4 Å². The van der Waals surface area contributed by atoms with Crippen molar-refractivity contribution in [1.82, 2.24) is 15.6 Å². The highest BCUT2D eigenvalue weighted by molar-refractivity contribution is 6.21. The number of carbonyl (C=O) groups is 2. The van der Waals surface area contributed by atoms with Gasteiger partial charge in [0.05, 0.1) is 43.1 Å². The number of pyridine rings is 1. The number of benzene rings is 1. The largest absolute Gasteiger partial charge is 0.494 e. The van der Waals surface area contributed by atoms with Crippen molar-refractivity contribution >= 4 is 23.4 Å². The minimum atomic E-state index is -1.18. The monoisotopic (exact) mass is 555 g/mol. The van der Waals surface area contributed by atoms with Gasteiger partial charge in [-0.1, -0.05) is 12.1 Å². The number of fused-ring (bicyclic) bond motifs is 1. The maximum Gasteiger partial charge on any atom is 0.305 e. The van der Waals surface area contributed by atoms with E-state index in [1.165, 1.54) is 31.0 Å². The number of ether oxygens (including phenoxy) is 2. The van der Waals surface area contributed by atoms with E-state index in [-0.39, 0.29) is 29.2 Å². The summed E-state index contributed by atoms with van der Waals surface area (Å²) in [5, 5.41) is 27.0. The van der Waals surface area contributed by atoms with E-state index in [1.807, 2.05) is 26.8 Å². The van der Waals surface area contributed by atoms with Gasteiger partial charge in [0.1, 0.15) is 5.82 Å². The fourth-order valence-electron chi connectivity index (χ4n) is 4.10. The first-order valence-corrected chi connectivity index (χ1v) is 13.2. The summed E-state index contributed by atoms with van der Waals surface area (Å²) in [5.74, 6) is -1.64. The minimum Gasteiger partial charge on any atom is -0.494 e. The Labute approximate surface area is 233 Å². The van der Waals surface area contributed by atoms with Gasteiger partial charge in [-0.25, -0.2) is 9.37 Å². The number of carbonyl (C=O) groups excluding carboxylic acids is 1. The Morgan fingerprint density at radius 2 is 2.05 bits per heavy atom. The summed E-state index contributed by atoms with van der Waals surface area (Å²) in [7, 11) is 1.32. The van der Waals surface area contributed by atoms with Crippen LogP contribution in [0.2, 0.25) is 0 Å². The van der Waals surface area contributed by atoms with Gasteiger partial charge in [0.25, 0.3) is 5.91 Å². The highest BCUT2D eigenvalue weighted by Crippen LogP contribution is 2.24. The van der Waals surface area contributed by atoms with Gasteiger partial charge >= 0.3 is 5.97 Å². The molecule has 0 aliphatic carbocycles. The van der Waals surface area contributed by atoms with Crippen LogP contribution in [0, 0.1) is 11.2 Å². The molecule has 40 heavy (non-hydrogen) atoms. The van der Waals surface area contributed by atoms with Gasteiger partial charge in [-0.05, 0) is 62.9 Å². The highest BCUT2D eigenvalue weighted by atomic mass is 19.1. The average molecular weight is 556 g/mol. The summed E-state index contributed by atoms with van der Waals surface area (Å²) >= 11 is 0. The zero-order chi connectivity index (χ0) is 29.3. The van der Waals surface area contributed by atoms with Crippen LogP contribution >= 0.6 is 0 Å². The SMILES string of the molecule is COc1ccc([C@H](CC(=O)O)NC(=O)/C(=C/NCCc2ccc3c(n2)NCCC3)C(=N)COC(C)(C)C)cc1F. The quantitative estimate of drug-likeness (QED) is 0.143. The summed E-state index contributed by atoms with van der Waals surface area (Å²) in [6, 6.07) is 7.00. The zero-order valence-electron chi connectivity index (χ0n) is 23.4. The molecular formula is C29H38FN5O5. The molecule has 0 spiro atoms. The first kappa shape index (κ1) is 30.6. The molecule has 1 aliphatic heterocycles. The van der Waals surface area contributed by atoms with Crippen LogP contribution in [-0.4, -0.2) is 60.1 Å². The smallest absolute Gasteiger partial charge is 0.305 e. The molecule has 2 heterocycles. The summed E-state index contributed by atoms with van der Waals surface area (Å²) < 4.78 is 25.0. The van der Waals surface area contributed by atoms with E-state index < -0.39 is 35.8 Å². The molecule has 1 aromatic carbocycles. The number of nitrogens with one attached hydrogen (secondary N) is 4. The molecule has 0 fully saturated rings. The number of anilines is 1. The standard InChI is InChI=1S/C29H38FN5O5/c1-29(2,3)40-17-23(31)21(16-32-13-11-20-9-7-18-6-5-12-33-27(18)34-20)28(38)35-24(15-26(36)37)19-8-10-25(39-4)22(30)14-19/h7-10,14,16,24,31-32H,5-6,11-13,15,17H2,1-4H3,(H,33,34)(H,35,38)(H,36,37)/b21-16+,31-23?/t24-/m0/s1. The Kier molecular flexibility index (Phi) is 10.6. The summed E-state index contributed by atoms with van der Waals surface area (Å²) in [5.41, 5.74) is 1.68. The van der Waals surface area contributed by atoms with Crippen molar-refractivity contribution in [3.8, 4) is 5.75 Å². The third-order valence-corrected chi connectivity index (χ3v) is 6.21. The van der Waals surface area contributed by atoms with Crippen LogP contribution in [0.25, 0.3) is 0 Å². The number of methoxy groups -OCH3 is 1. The maximum absolute atomic E-state index is 14.4. The summed E-state index contributed by atoms with van der Waals surface area (Å²) in [6.45, 7) is 6.71. The molecule has 3 rings (SSSR count). The first-order chi connectivity index (χ1) is 19.0. The van der Waals surface area contributed by atoms with Crippen molar-refractivity contribution in [3.63, 3.8) is 0 Å². The Morgan fingerprint density at radius 1 is 1.27 bits per heavy atom. The number of rotatable bonds is 13. The molecule has 0 unspecified atom stereocenters. The Bertz CT molecular complexity index is 1260. The number of carboxylic acid groups (broad SMARTS) is 1. The lowest BCUT2D eigenvalue weighted by molar-refractivity contribution is -0.137. The number of halogens is 1. The second-order valence-electron chi connectivity index (χ2n) is 10.5. The molecule has 5 N–H and O–H groups in total. The molecule has 1 aromatic heterocycles. The Morgan fingerprint density at radius 3 is 2.73 bits per heavy atom. The first-order valence-electron chi connectivity index (χ1n) is 13.2. The van der Waals surface area contributed by atoms with Gasteiger partial charge < -0.3 is 35.9 Å². The van der Waals surface area contributed by atoms with Gasteiger partial charge in [0.15, 0.2) is 11.6 Å². The molecular weight excluding hydrogens is 517 g/mol. The lowest BCUT2D eigenvalue weighted by atomic mass is 10.0. The molecule has 0 radical (unpaired) electrons.